The minimum atomic E-state index is 0.544. The average Bonchev–Trinajstić information content (AvgIpc) is 2.18. The lowest BCUT2D eigenvalue weighted by molar-refractivity contribution is 0.501. The van der Waals surface area contributed by atoms with Crippen molar-refractivity contribution in [3.8, 4) is 0 Å². The van der Waals surface area contributed by atoms with Crippen molar-refractivity contribution in [1.82, 2.24) is 5.32 Å². The summed E-state index contributed by atoms with van der Waals surface area (Å²) in [7, 11) is 0. The lowest BCUT2D eigenvalue weighted by Gasteiger charge is -2.35. The number of nitrogens with zero attached hydrogens (tertiary/aromatic N) is 1. The van der Waals surface area contributed by atoms with Crippen LogP contribution in [0.2, 0.25) is 5.02 Å². The van der Waals surface area contributed by atoms with Crippen LogP contribution in [0.5, 0.6) is 0 Å². The van der Waals surface area contributed by atoms with Crippen LogP contribution in [0, 0.1) is 0 Å². The maximum atomic E-state index is 5.97. The molecule has 1 N–H and O–H groups in total. The highest BCUT2D eigenvalue weighted by molar-refractivity contribution is 6.30. The van der Waals surface area contributed by atoms with Crippen molar-refractivity contribution in [1.29, 1.82) is 0 Å². The standard InChI is InChI=1S/C11H15ClN2/c1-9-8-13-5-6-14(9)11-4-2-3-10(12)7-11/h2-4,7,9,13H,5-6,8H2,1H3/t9-/m0/s1. The molecular formula is C11H15ClN2. The molecule has 0 unspecified atom stereocenters. The summed E-state index contributed by atoms with van der Waals surface area (Å²) in [6, 6.07) is 8.61. The third-order valence-corrected chi connectivity index (χ3v) is 2.88. The quantitative estimate of drug-likeness (QED) is 0.764. The minimum absolute atomic E-state index is 0.544. The van der Waals surface area contributed by atoms with Crippen LogP contribution >= 0.6 is 11.6 Å². The summed E-state index contributed by atoms with van der Waals surface area (Å²) in [6.45, 7) is 5.39. The van der Waals surface area contributed by atoms with Gasteiger partial charge in [0, 0.05) is 36.4 Å². The van der Waals surface area contributed by atoms with Crippen molar-refractivity contribution in [3.05, 3.63) is 29.3 Å². The van der Waals surface area contributed by atoms with Crippen molar-refractivity contribution >= 4 is 17.3 Å². The zero-order valence-electron chi connectivity index (χ0n) is 8.33. The lowest BCUT2D eigenvalue weighted by Crippen LogP contribution is -2.49. The molecule has 0 aromatic heterocycles. The molecular weight excluding hydrogens is 196 g/mol. The Kier molecular flexibility index (Phi) is 2.94. The van der Waals surface area contributed by atoms with Gasteiger partial charge in [-0.15, -0.1) is 0 Å². The Bertz CT molecular complexity index is 314. The van der Waals surface area contributed by atoms with E-state index in [9.17, 15) is 0 Å². The number of hydrogen-bond donors (Lipinski definition) is 1. The Morgan fingerprint density at radius 2 is 2.36 bits per heavy atom. The summed E-state index contributed by atoms with van der Waals surface area (Å²) in [4.78, 5) is 2.39. The van der Waals surface area contributed by atoms with Gasteiger partial charge in [0.1, 0.15) is 0 Å². The molecule has 1 saturated heterocycles. The van der Waals surface area contributed by atoms with Crippen LogP contribution < -0.4 is 10.2 Å². The first kappa shape index (κ1) is 9.81. The molecule has 0 aliphatic carbocycles. The average molecular weight is 211 g/mol. The maximum absolute atomic E-state index is 5.97. The van der Waals surface area contributed by atoms with Gasteiger partial charge < -0.3 is 10.2 Å². The van der Waals surface area contributed by atoms with Crippen molar-refractivity contribution in [2.75, 3.05) is 24.5 Å². The summed E-state index contributed by atoms with van der Waals surface area (Å²) in [5, 5.41) is 4.19. The summed E-state index contributed by atoms with van der Waals surface area (Å²) >= 11 is 5.97. The van der Waals surface area contributed by atoms with Crippen LogP contribution in [-0.4, -0.2) is 25.7 Å². The highest BCUT2D eigenvalue weighted by Gasteiger charge is 2.17. The molecule has 14 heavy (non-hydrogen) atoms. The second kappa shape index (κ2) is 4.20. The first-order valence-electron chi connectivity index (χ1n) is 5.00. The van der Waals surface area contributed by atoms with E-state index >= 15 is 0 Å². The minimum Gasteiger partial charge on any atom is -0.366 e. The molecule has 1 aliphatic heterocycles. The van der Waals surface area contributed by atoms with E-state index in [1.807, 2.05) is 18.2 Å². The molecule has 1 atom stereocenters. The lowest BCUT2D eigenvalue weighted by atomic mass is 10.2. The van der Waals surface area contributed by atoms with Gasteiger partial charge in [-0.25, -0.2) is 0 Å². The van der Waals surface area contributed by atoms with Crippen LogP contribution in [0.15, 0.2) is 24.3 Å². The molecule has 2 rings (SSSR count). The van der Waals surface area contributed by atoms with Crippen molar-refractivity contribution in [2.24, 2.45) is 0 Å². The molecule has 1 aromatic carbocycles. The van der Waals surface area contributed by atoms with Crippen LogP contribution in [0.3, 0.4) is 0 Å². The van der Waals surface area contributed by atoms with E-state index in [-0.39, 0.29) is 0 Å². The summed E-state index contributed by atoms with van der Waals surface area (Å²) in [6.07, 6.45) is 0. The second-order valence-corrected chi connectivity index (χ2v) is 4.16. The Morgan fingerprint density at radius 1 is 1.50 bits per heavy atom. The first-order valence-corrected chi connectivity index (χ1v) is 5.38. The molecule has 0 bridgehead atoms. The number of rotatable bonds is 1. The van der Waals surface area contributed by atoms with Gasteiger partial charge in [-0.1, -0.05) is 17.7 Å². The highest BCUT2D eigenvalue weighted by Crippen LogP contribution is 2.21. The van der Waals surface area contributed by atoms with Gasteiger partial charge in [0.05, 0.1) is 0 Å². The van der Waals surface area contributed by atoms with E-state index in [0.717, 1.165) is 24.7 Å². The smallest absolute Gasteiger partial charge is 0.0426 e. The third kappa shape index (κ3) is 2.02. The van der Waals surface area contributed by atoms with Crippen LogP contribution in [0.1, 0.15) is 6.92 Å². The zero-order valence-corrected chi connectivity index (χ0v) is 9.09. The SMILES string of the molecule is C[C@H]1CNCCN1c1cccc(Cl)c1. The van der Waals surface area contributed by atoms with E-state index in [1.165, 1.54) is 5.69 Å². The van der Waals surface area contributed by atoms with Crippen LogP contribution in [-0.2, 0) is 0 Å². The molecule has 1 fully saturated rings. The third-order valence-electron chi connectivity index (χ3n) is 2.64. The molecule has 0 saturated carbocycles. The Hall–Kier alpha value is -0.730. The van der Waals surface area contributed by atoms with Crippen LogP contribution in [0.25, 0.3) is 0 Å². The maximum Gasteiger partial charge on any atom is 0.0426 e. The Morgan fingerprint density at radius 3 is 3.07 bits per heavy atom. The summed E-state index contributed by atoms with van der Waals surface area (Å²) in [5.74, 6) is 0. The normalized spacial score (nSPS) is 22.4. The number of piperazine rings is 1. The van der Waals surface area contributed by atoms with Crippen LogP contribution in [0.4, 0.5) is 5.69 Å². The van der Waals surface area contributed by atoms with Crippen molar-refractivity contribution < 1.29 is 0 Å². The number of anilines is 1. The predicted octanol–water partition coefficient (Wildman–Crippen LogP) is 2.14. The molecule has 1 aliphatic rings. The molecule has 3 heteroatoms. The van der Waals surface area contributed by atoms with Gasteiger partial charge in [0.15, 0.2) is 0 Å². The molecule has 76 valence electrons. The van der Waals surface area contributed by atoms with Gasteiger partial charge >= 0.3 is 0 Å². The van der Waals surface area contributed by atoms with E-state index in [4.69, 9.17) is 11.6 Å². The molecule has 0 radical (unpaired) electrons. The molecule has 2 nitrogen and oxygen atoms in total. The van der Waals surface area contributed by atoms with E-state index in [2.05, 4.69) is 23.2 Å². The predicted molar refractivity (Wildman–Crippen MR) is 61.1 cm³/mol. The Labute approximate surface area is 89.9 Å². The van der Waals surface area contributed by atoms with E-state index in [1.54, 1.807) is 0 Å². The van der Waals surface area contributed by atoms with Crippen molar-refractivity contribution in [2.45, 2.75) is 13.0 Å². The molecule has 1 aromatic rings. The number of hydrogen-bond acceptors (Lipinski definition) is 2. The molecule has 1 heterocycles. The number of halogens is 1. The van der Waals surface area contributed by atoms with Gasteiger partial charge in [-0.05, 0) is 25.1 Å². The van der Waals surface area contributed by atoms with Crippen molar-refractivity contribution in [3.63, 3.8) is 0 Å². The largest absolute Gasteiger partial charge is 0.366 e. The first-order chi connectivity index (χ1) is 6.77. The van der Waals surface area contributed by atoms with Gasteiger partial charge in [-0.3, -0.25) is 0 Å². The second-order valence-electron chi connectivity index (χ2n) is 3.73. The summed E-state index contributed by atoms with van der Waals surface area (Å²) < 4.78 is 0. The highest BCUT2D eigenvalue weighted by atomic mass is 35.5. The molecule has 0 amide bonds. The van der Waals surface area contributed by atoms with E-state index in [0.29, 0.717) is 6.04 Å². The van der Waals surface area contributed by atoms with Gasteiger partial charge in [0.2, 0.25) is 0 Å². The fourth-order valence-corrected chi connectivity index (χ4v) is 2.06. The molecule has 0 spiro atoms. The van der Waals surface area contributed by atoms with E-state index < -0.39 is 0 Å². The zero-order chi connectivity index (χ0) is 9.97. The summed E-state index contributed by atoms with van der Waals surface area (Å²) in [5.41, 5.74) is 1.23. The Balaban J connectivity index is 2.20. The van der Waals surface area contributed by atoms with Gasteiger partial charge in [0.25, 0.3) is 0 Å². The van der Waals surface area contributed by atoms with Gasteiger partial charge in [-0.2, -0.15) is 0 Å². The number of benzene rings is 1. The fraction of sp³-hybridized carbons (Fsp3) is 0.455. The topological polar surface area (TPSA) is 15.3 Å². The monoisotopic (exact) mass is 210 g/mol. The fourth-order valence-electron chi connectivity index (χ4n) is 1.88. The number of nitrogens with one attached hydrogen (secondary N) is 1.